The summed E-state index contributed by atoms with van der Waals surface area (Å²) >= 11 is 0. The van der Waals surface area contributed by atoms with Gasteiger partial charge in [-0.25, -0.2) is 9.97 Å². The van der Waals surface area contributed by atoms with Crippen molar-refractivity contribution in [3.8, 4) is 44.5 Å². The minimum atomic E-state index is 0.546. The second kappa shape index (κ2) is 12.7. The molecule has 8 bridgehead atoms. The number of aromatic nitrogens is 4. The van der Waals surface area contributed by atoms with Gasteiger partial charge < -0.3 is 9.97 Å². The van der Waals surface area contributed by atoms with E-state index in [9.17, 15) is 0 Å². The highest BCUT2D eigenvalue weighted by Gasteiger charge is 2.18. The van der Waals surface area contributed by atoms with E-state index in [1.807, 2.05) is 42.5 Å². The van der Waals surface area contributed by atoms with Crippen LogP contribution in [0.5, 0.6) is 0 Å². The molecule has 0 radical (unpaired) electrons. The van der Waals surface area contributed by atoms with Gasteiger partial charge in [-0.3, -0.25) is 0 Å². The van der Waals surface area contributed by atoms with E-state index < -0.39 is 0 Å². The number of nitrogens with one attached hydrogen (secondary N) is 2. The molecule has 0 fully saturated rings. The van der Waals surface area contributed by atoms with Crippen LogP contribution < -0.4 is 0 Å². The lowest BCUT2D eigenvalue weighted by atomic mass is 10.0. The maximum atomic E-state index is 9.03. The molecule has 51 heavy (non-hydrogen) atoms. The summed E-state index contributed by atoms with van der Waals surface area (Å²) in [6, 6.07) is 47.2. The zero-order valence-corrected chi connectivity index (χ0v) is 27.3. The predicted molar refractivity (Wildman–Crippen MR) is 209 cm³/mol. The molecule has 7 aromatic rings. The van der Waals surface area contributed by atoms with Crippen LogP contribution in [0.15, 0.2) is 145 Å². The van der Waals surface area contributed by atoms with Crippen LogP contribution in [0.3, 0.4) is 0 Å². The van der Waals surface area contributed by atoms with Gasteiger partial charge in [0, 0.05) is 54.9 Å². The van der Waals surface area contributed by atoms with E-state index in [0.717, 1.165) is 89.4 Å². The molecule has 240 valence electrons. The first kappa shape index (κ1) is 29.9. The molecule has 9 rings (SSSR count). The number of aromatic amines is 2. The summed E-state index contributed by atoms with van der Waals surface area (Å²) < 4.78 is 0. The molecule has 3 aromatic heterocycles. The van der Waals surface area contributed by atoms with E-state index in [0.29, 0.717) is 5.69 Å². The third-order valence-corrected chi connectivity index (χ3v) is 9.26. The van der Waals surface area contributed by atoms with Crippen LogP contribution in [-0.4, -0.2) is 19.9 Å². The first-order valence-corrected chi connectivity index (χ1v) is 16.7. The molecule has 0 saturated heterocycles. The summed E-state index contributed by atoms with van der Waals surface area (Å²) in [7, 11) is 0. The van der Waals surface area contributed by atoms with E-state index in [1.165, 1.54) is 0 Å². The van der Waals surface area contributed by atoms with Gasteiger partial charge in [-0.2, -0.15) is 0 Å². The second-order valence-electron chi connectivity index (χ2n) is 12.3. The quantitative estimate of drug-likeness (QED) is 0.109. The molecule has 2 aliphatic rings. The van der Waals surface area contributed by atoms with Crippen molar-refractivity contribution in [3.63, 3.8) is 0 Å². The number of nitrogens with zero attached hydrogens (tertiary/aromatic N) is 5. The molecular weight excluding hydrogens is 627 g/mol. The van der Waals surface area contributed by atoms with Gasteiger partial charge in [0.05, 0.1) is 22.8 Å². The number of hydrogen-bond donors (Lipinski definition) is 2. The Balaban J connectivity index is 1.46. The maximum absolute atomic E-state index is 9.03. The molecule has 0 spiro atoms. The average Bonchev–Trinajstić information content (AvgIpc) is 4.02. The molecule has 4 aromatic carbocycles. The van der Waals surface area contributed by atoms with Gasteiger partial charge in [-0.1, -0.05) is 120 Å². The lowest BCUT2D eigenvalue weighted by molar-refractivity contribution is 1.31. The topological polar surface area (TPSA) is 106 Å². The second-order valence-corrected chi connectivity index (χ2v) is 12.3. The van der Waals surface area contributed by atoms with Gasteiger partial charge in [0.2, 0.25) is 0 Å². The molecule has 2 N–H and O–H groups in total. The van der Waals surface area contributed by atoms with Crippen molar-refractivity contribution >= 4 is 52.1 Å². The zero-order valence-electron chi connectivity index (χ0n) is 27.3. The summed E-state index contributed by atoms with van der Waals surface area (Å²) in [4.78, 5) is 21.2. The normalized spacial score (nSPS) is 11.8. The van der Waals surface area contributed by atoms with Crippen LogP contribution in [0.4, 0.5) is 5.69 Å². The fourth-order valence-corrected chi connectivity index (χ4v) is 6.98. The number of benzene rings is 4. The third kappa shape index (κ3) is 5.50. The Morgan fingerprint density at radius 3 is 1.02 bits per heavy atom. The average molecular weight is 656 g/mol. The van der Waals surface area contributed by atoms with Crippen LogP contribution in [-0.2, 0) is 0 Å². The molecule has 0 amide bonds. The zero-order chi connectivity index (χ0) is 34.1. The molecule has 0 aliphatic carbocycles. The van der Waals surface area contributed by atoms with E-state index in [2.05, 4.69) is 141 Å². The summed E-state index contributed by atoms with van der Waals surface area (Å²) in [6.07, 6.45) is 8.38. The SMILES string of the molecule is [N-]=[N+]=Nc1ccc(-c2c3nc(c(-c4ccccc4)c4ccc([nH]4)c(-c4ccccc4)c4nc(c(-c5ccccc5)c5ccc2[nH]5)C=C4)C=C3)cc1. The first-order valence-electron chi connectivity index (χ1n) is 16.7. The monoisotopic (exact) mass is 655 g/mol. The number of fused-ring (bicyclic) bond motifs is 8. The van der Waals surface area contributed by atoms with E-state index in [-0.39, 0.29) is 0 Å². The Morgan fingerprint density at radius 1 is 0.392 bits per heavy atom. The van der Waals surface area contributed by atoms with Crippen LogP contribution >= 0.6 is 0 Å². The predicted octanol–water partition coefficient (Wildman–Crippen LogP) is 12.3. The standard InChI is InChI=1S/C44H29N7/c45-51-50-32-18-16-31(17-19-32)44-39-26-24-37(48-39)42(29-12-6-2-7-13-29)35-22-20-33(46-35)41(28-10-4-1-5-11-28)34-21-23-36(47-34)43(30-14-8-3-9-15-30)38-25-27-40(44)49-38/h1-27,46,49H. The Kier molecular flexibility index (Phi) is 7.43. The number of H-pyrrole nitrogens is 2. The van der Waals surface area contributed by atoms with Crippen LogP contribution in [0, 0.1) is 0 Å². The lowest BCUT2D eigenvalue weighted by Crippen LogP contribution is -1.89. The van der Waals surface area contributed by atoms with Crippen molar-refractivity contribution in [1.29, 1.82) is 0 Å². The number of hydrogen-bond acceptors (Lipinski definition) is 3. The summed E-state index contributed by atoms with van der Waals surface area (Å²) in [5.41, 5.74) is 24.8. The Bertz CT molecular complexity index is 2680. The van der Waals surface area contributed by atoms with Crippen molar-refractivity contribution in [3.05, 3.63) is 173 Å². The Hall–Kier alpha value is -7.21. The summed E-state index contributed by atoms with van der Waals surface area (Å²) in [5.74, 6) is 0. The number of azide groups is 1. The van der Waals surface area contributed by atoms with Crippen molar-refractivity contribution in [2.75, 3.05) is 0 Å². The van der Waals surface area contributed by atoms with Crippen molar-refractivity contribution in [2.24, 2.45) is 5.11 Å². The number of rotatable bonds is 5. The lowest BCUT2D eigenvalue weighted by Gasteiger charge is -2.07. The van der Waals surface area contributed by atoms with E-state index in [4.69, 9.17) is 15.5 Å². The smallest absolute Gasteiger partial charge is 0.0737 e. The van der Waals surface area contributed by atoms with Crippen molar-refractivity contribution < 1.29 is 0 Å². The largest absolute Gasteiger partial charge is 0.354 e. The van der Waals surface area contributed by atoms with Gasteiger partial charge in [0.25, 0.3) is 0 Å². The van der Waals surface area contributed by atoms with Gasteiger partial charge >= 0.3 is 0 Å². The van der Waals surface area contributed by atoms with Crippen molar-refractivity contribution in [2.45, 2.75) is 0 Å². The minimum absolute atomic E-state index is 0.546. The van der Waals surface area contributed by atoms with E-state index >= 15 is 0 Å². The van der Waals surface area contributed by atoms with Gasteiger partial charge in [-0.05, 0) is 76.4 Å². The van der Waals surface area contributed by atoms with Crippen molar-refractivity contribution in [1.82, 2.24) is 19.9 Å². The highest BCUT2D eigenvalue weighted by Crippen LogP contribution is 2.38. The van der Waals surface area contributed by atoms with Crippen LogP contribution in [0.2, 0.25) is 0 Å². The minimum Gasteiger partial charge on any atom is -0.354 e. The fourth-order valence-electron chi connectivity index (χ4n) is 6.98. The Morgan fingerprint density at radius 2 is 0.706 bits per heavy atom. The highest BCUT2D eigenvalue weighted by molar-refractivity contribution is 5.99. The summed E-state index contributed by atoms with van der Waals surface area (Å²) in [6.45, 7) is 0. The molecular formula is C44H29N7. The molecule has 7 nitrogen and oxygen atoms in total. The molecule has 5 heterocycles. The van der Waals surface area contributed by atoms with E-state index in [1.54, 1.807) is 0 Å². The third-order valence-electron chi connectivity index (χ3n) is 9.26. The van der Waals surface area contributed by atoms with Gasteiger partial charge in [0.1, 0.15) is 0 Å². The summed E-state index contributed by atoms with van der Waals surface area (Å²) in [5, 5.41) is 3.80. The first-order chi connectivity index (χ1) is 25.2. The molecule has 2 aliphatic heterocycles. The fraction of sp³-hybridized carbons (Fsp3) is 0. The molecule has 7 heteroatoms. The van der Waals surface area contributed by atoms with Gasteiger partial charge in [-0.15, -0.1) is 0 Å². The maximum Gasteiger partial charge on any atom is 0.0737 e. The highest BCUT2D eigenvalue weighted by atomic mass is 15.1. The molecule has 0 saturated carbocycles. The Labute approximate surface area is 293 Å². The van der Waals surface area contributed by atoms with Crippen LogP contribution in [0.1, 0.15) is 22.8 Å². The van der Waals surface area contributed by atoms with Crippen LogP contribution in [0.25, 0.3) is 101 Å². The molecule has 0 unspecified atom stereocenters. The molecule has 0 atom stereocenters. The van der Waals surface area contributed by atoms with Gasteiger partial charge in [0.15, 0.2) is 0 Å².